The van der Waals surface area contributed by atoms with Crippen LogP contribution in [-0.2, 0) is 11.3 Å². The highest BCUT2D eigenvalue weighted by atomic mass is 32.1. The fraction of sp³-hybridized carbons (Fsp3) is 0.500. The van der Waals surface area contributed by atoms with Gasteiger partial charge in [-0.3, -0.25) is 4.90 Å². The summed E-state index contributed by atoms with van der Waals surface area (Å²) in [4.78, 5) is 6.88. The Balaban J connectivity index is 1.66. The molecule has 1 aliphatic heterocycles. The van der Waals surface area contributed by atoms with Crippen LogP contribution in [0.5, 0.6) is 0 Å². The number of hydrogen-bond donors (Lipinski definition) is 1. The summed E-state index contributed by atoms with van der Waals surface area (Å²) < 4.78 is 11.0. The maximum absolute atomic E-state index is 9.24. The van der Waals surface area contributed by atoms with Crippen molar-refractivity contribution in [3.05, 3.63) is 29.5 Å². The summed E-state index contributed by atoms with van der Waals surface area (Å²) in [6.45, 7) is 4.49. The second-order valence-corrected chi connectivity index (χ2v) is 5.92. The van der Waals surface area contributed by atoms with Gasteiger partial charge >= 0.3 is 0 Å². The SMILES string of the molecule is CC1CN(Cc2csc(-c3ccco3)n2)CC(CO)O1. The number of rotatable bonds is 4. The monoisotopic (exact) mass is 294 g/mol. The van der Waals surface area contributed by atoms with Gasteiger partial charge in [-0.15, -0.1) is 11.3 Å². The first-order valence-corrected chi connectivity index (χ1v) is 7.59. The predicted octanol–water partition coefficient (Wildman–Crippen LogP) is 1.98. The zero-order valence-corrected chi connectivity index (χ0v) is 12.2. The van der Waals surface area contributed by atoms with E-state index in [4.69, 9.17) is 9.15 Å². The van der Waals surface area contributed by atoms with Gasteiger partial charge in [0.25, 0.3) is 0 Å². The van der Waals surface area contributed by atoms with Crippen molar-refractivity contribution in [2.45, 2.75) is 25.7 Å². The van der Waals surface area contributed by atoms with Crippen LogP contribution in [0.4, 0.5) is 0 Å². The van der Waals surface area contributed by atoms with E-state index < -0.39 is 0 Å². The van der Waals surface area contributed by atoms with Gasteiger partial charge in [0.1, 0.15) is 0 Å². The van der Waals surface area contributed by atoms with Crippen molar-refractivity contribution in [1.29, 1.82) is 0 Å². The third kappa shape index (κ3) is 3.09. The van der Waals surface area contributed by atoms with E-state index in [2.05, 4.69) is 15.3 Å². The molecule has 0 radical (unpaired) electrons. The molecular formula is C14H18N2O3S. The van der Waals surface area contributed by atoms with Crippen molar-refractivity contribution in [3.63, 3.8) is 0 Å². The zero-order valence-electron chi connectivity index (χ0n) is 11.4. The molecule has 0 aliphatic carbocycles. The van der Waals surface area contributed by atoms with Crippen LogP contribution in [0.3, 0.4) is 0 Å². The number of furan rings is 1. The fourth-order valence-electron chi connectivity index (χ4n) is 2.49. The summed E-state index contributed by atoms with van der Waals surface area (Å²) in [6, 6.07) is 3.78. The highest BCUT2D eigenvalue weighted by Gasteiger charge is 2.25. The fourth-order valence-corrected chi connectivity index (χ4v) is 3.27. The number of morpholine rings is 1. The minimum absolute atomic E-state index is 0.0650. The molecule has 0 amide bonds. The Morgan fingerprint density at radius 2 is 2.40 bits per heavy atom. The van der Waals surface area contributed by atoms with Crippen LogP contribution in [0.25, 0.3) is 10.8 Å². The minimum atomic E-state index is -0.0954. The Hall–Kier alpha value is -1.21. The smallest absolute Gasteiger partial charge is 0.162 e. The average Bonchev–Trinajstić information content (AvgIpc) is 3.08. The first kappa shape index (κ1) is 13.8. The van der Waals surface area contributed by atoms with Crippen LogP contribution >= 0.6 is 11.3 Å². The molecule has 6 heteroatoms. The van der Waals surface area contributed by atoms with Gasteiger partial charge in [0.15, 0.2) is 10.8 Å². The molecule has 1 aliphatic rings. The molecule has 2 unspecified atom stereocenters. The number of aliphatic hydroxyl groups excluding tert-OH is 1. The standard InChI is InChI=1S/C14H18N2O3S/c1-10-5-16(7-12(8-17)19-10)6-11-9-20-14(15-11)13-3-2-4-18-13/h2-4,9-10,12,17H,5-8H2,1H3. The van der Waals surface area contributed by atoms with E-state index in [9.17, 15) is 5.11 Å². The molecule has 2 aromatic heterocycles. The van der Waals surface area contributed by atoms with Crippen LogP contribution in [0.1, 0.15) is 12.6 Å². The van der Waals surface area contributed by atoms with E-state index in [0.29, 0.717) is 0 Å². The maximum Gasteiger partial charge on any atom is 0.162 e. The van der Waals surface area contributed by atoms with Crippen molar-refractivity contribution in [2.75, 3.05) is 19.7 Å². The number of ether oxygens (including phenoxy) is 1. The van der Waals surface area contributed by atoms with Crippen molar-refractivity contribution >= 4 is 11.3 Å². The van der Waals surface area contributed by atoms with Gasteiger partial charge in [-0.1, -0.05) is 0 Å². The summed E-state index contributed by atoms with van der Waals surface area (Å²) in [5.74, 6) is 0.810. The molecule has 108 valence electrons. The summed E-state index contributed by atoms with van der Waals surface area (Å²) in [7, 11) is 0. The highest BCUT2D eigenvalue weighted by Crippen LogP contribution is 2.25. The zero-order chi connectivity index (χ0) is 13.9. The molecule has 0 saturated carbocycles. The van der Waals surface area contributed by atoms with Gasteiger partial charge in [-0.2, -0.15) is 0 Å². The Bertz CT molecular complexity index is 540. The molecule has 0 bridgehead atoms. The van der Waals surface area contributed by atoms with Crippen molar-refractivity contribution in [3.8, 4) is 10.8 Å². The molecule has 0 spiro atoms. The maximum atomic E-state index is 9.24. The van der Waals surface area contributed by atoms with E-state index in [1.54, 1.807) is 17.6 Å². The van der Waals surface area contributed by atoms with Gasteiger partial charge in [0, 0.05) is 25.0 Å². The average molecular weight is 294 g/mol. The van der Waals surface area contributed by atoms with Crippen molar-refractivity contribution in [1.82, 2.24) is 9.88 Å². The summed E-state index contributed by atoms with van der Waals surface area (Å²) in [6.07, 6.45) is 1.71. The first-order valence-electron chi connectivity index (χ1n) is 6.71. The number of thiazole rings is 1. The van der Waals surface area contributed by atoms with Crippen LogP contribution in [-0.4, -0.2) is 46.9 Å². The first-order chi connectivity index (χ1) is 9.74. The van der Waals surface area contributed by atoms with Crippen LogP contribution in [0.2, 0.25) is 0 Å². The van der Waals surface area contributed by atoms with E-state index in [0.717, 1.165) is 36.1 Å². The molecule has 0 aromatic carbocycles. The van der Waals surface area contributed by atoms with E-state index in [1.807, 2.05) is 19.1 Å². The third-order valence-electron chi connectivity index (χ3n) is 3.27. The van der Waals surface area contributed by atoms with Crippen molar-refractivity contribution < 1.29 is 14.3 Å². The lowest BCUT2D eigenvalue weighted by Crippen LogP contribution is -2.47. The van der Waals surface area contributed by atoms with E-state index in [1.165, 1.54) is 0 Å². The summed E-state index contributed by atoms with van der Waals surface area (Å²) in [5, 5.41) is 12.2. The second kappa shape index (κ2) is 6.05. The number of aliphatic hydroxyl groups is 1. The third-order valence-corrected chi connectivity index (χ3v) is 4.18. The molecule has 3 heterocycles. The lowest BCUT2D eigenvalue weighted by atomic mass is 10.2. The molecule has 1 fully saturated rings. The lowest BCUT2D eigenvalue weighted by Gasteiger charge is -2.35. The Morgan fingerprint density at radius 1 is 1.50 bits per heavy atom. The number of aromatic nitrogens is 1. The molecule has 1 N–H and O–H groups in total. The van der Waals surface area contributed by atoms with Gasteiger partial charge < -0.3 is 14.3 Å². The second-order valence-electron chi connectivity index (χ2n) is 5.07. The summed E-state index contributed by atoms with van der Waals surface area (Å²) in [5.41, 5.74) is 1.03. The number of hydrogen-bond acceptors (Lipinski definition) is 6. The predicted molar refractivity (Wildman–Crippen MR) is 76.5 cm³/mol. The van der Waals surface area contributed by atoms with Gasteiger partial charge in [0.05, 0.1) is 30.8 Å². The normalized spacial score (nSPS) is 24.1. The number of nitrogens with zero attached hydrogens (tertiary/aromatic N) is 2. The van der Waals surface area contributed by atoms with Crippen LogP contribution in [0.15, 0.2) is 28.2 Å². The Kier molecular flexibility index (Phi) is 4.16. The van der Waals surface area contributed by atoms with E-state index >= 15 is 0 Å². The molecule has 5 nitrogen and oxygen atoms in total. The Labute approximate surface area is 121 Å². The van der Waals surface area contributed by atoms with Crippen LogP contribution < -0.4 is 0 Å². The highest BCUT2D eigenvalue weighted by molar-refractivity contribution is 7.13. The topological polar surface area (TPSA) is 58.7 Å². The van der Waals surface area contributed by atoms with Gasteiger partial charge in [-0.05, 0) is 19.1 Å². The molecule has 2 aromatic rings. The lowest BCUT2D eigenvalue weighted by molar-refractivity contribution is -0.0974. The van der Waals surface area contributed by atoms with Crippen molar-refractivity contribution in [2.24, 2.45) is 0 Å². The quantitative estimate of drug-likeness (QED) is 0.934. The molecule has 20 heavy (non-hydrogen) atoms. The molecule has 2 atom stereocenters. The minimum Gasteiger partial charge on any atom is -0.462 e. The van der Waals surface area contributed by atoms with E-state index in [-0.39, 0.29) is 18.8 Å². The van der Waals surface area contributed by atoms with Crippen LogP contribution in [0, 0.1) is 0 Å². The molecule has 3 rings (SSSR count). The Morgan fingerprint density at radius 3 is 3.15 bits per heavy atom. The van der Waals surface area contributed by atoms with Gasteiger partial charge in [-0.25, -0.2) is 4.98 Å². The summed E-state index contributed by atoms with van der Waals surface area (Å²) >= 11 is 1.59. The van der Waals surface area contributed by atoms with Gasteiger partial charge in [0.2, 0.25) is 0 Å². The largest absolute Gasteiger partial charge is 0.462 e. The molecular weight excluding hydrogens is 276 g/mol. The molecule has 1 saturated heterocycles.